The van der Waals surface area contributed by atoms with Crippen molar-refractivity contribution in [3.63, 3.8) is 0 Å². The van der Waals surface area contributed by atoms with Crippen LogP contribution in [0.5, 0.6) is 0 Å². The summed E-state index contributed by atoms with van der Waals surface area (Å²) in [6, 6.07) is 9.62. The lowest BCUT2D eigenvalue weighted by Crippen LogP contribution is -2.23. The van der Waals surface area contributed by atoms with E-state index < -0.39 is 9.84 Å². The van der Waals surface area contributed by atoms with E-state index in [4.69, 9.17) is 5.73 Å². The largest absolute Gasteiger partial charge is 0.330 e. The minimum atomic E-state index is -2.98. The Kier molecular flexibility index (Phi) is 5.65. The molecule has 0 aliphatic heterocycles. The summed E-state index contributed by atoms with van der Waals surface area (Å²) in [7, 11) is -2.98. The van der Waals surface area contributed by atoms with Crippen LogP contribution in [-0.4, -0.2) is 26.5 Å². The fourth-order valence-electron chi connectivity index (χ4n) is 1.78. The van der Waals surface area contributed by atoms with Gasteiger partial charge >= 0.3 is 0 Å². The number of hydrogen-bond acceptors (Lipinski definition) is 3. The number of benzene rings is 1. The lowest BCUT2D eigenvalue weighted by atomic mass is 10.0. The van der Waals surface area contributed by atoms with E-state index >= 15 is 0 Å². The fourth-order valence-corrected chi connectivity index (χ4v) is 3.62. The van der Waals surface area contributed by atoms with Crippen molar-refractivity contribution in [2.75, 3.05) is 18.1 Å². The van der Waals surface area contributed by atoms with Gasteiger partial charge in [-0.1, -0.05) is 43.7 Å². The zero-order chi connectivity index (χ0) is 12.7. The highest BCUT2D eigenvalue weighted by molar-refractivity contribution is 7.91. The van der Waals surface area contributed by atoms with Gasteiger partial charge in [0.15, 0.2) is 9.84 Å². The topological polar surface area (TPSA) is 60.2 Å². The summed E-state index contributed by atoms with van der Waals surface area (Å²) in [5.41, 5.74) is 6.69. The highest BCUT2D eigenvalue weighted by Gasteiger charge is 2.19. The van der Waals surface area contributed by atoms with Gasteiger partial charge in [-0.05, 0) is 12.0 Å². The molecule has 0 aromatic heterocycles. The third-order valence-corrected chi connectivity index (χ3v) is 4.64. The Balaban J connectivity index is 2.71. The van der Waals surface area contributed by atoms with E-state index in [1.807, 2.05) is 37.3 Å². The molecule has 0 fully saturated rings. The zero-order valence-corrected chi connectivity index (χ0v) is 11.1. The van der Waals surface area contributed by atoms with Crippen molar-refractivity contribution < 1.29 is 8.42 Å². The molecule has 0 saturated carbocycles. The molecule has 1 atom stereocenters. The van der Waals surface area contributed by atoms with E-state index in [0.29, 0.717) is 6.54 Å². The summed E-state index contributed by atoms with van der Waals surface area (Å²) in [5.74, 6) is 0.346. The van der Waals surface area contributed by atoms with Gasteiger partial charge in [0.05, 0.1) is 11.5 Å². The first-order valence-electron chi connectivity index (χ1n) is 6.04. The summed E-state index contributed by atoms with van der Waals surface area (Å²) in [4.78, 5) is 0. The fraction of sp³-hybridized carbons (Fsp3) is 0.538. The summed E-state index contributed by atoms with van der Waals surface area (Å²) < 4.78 is 23.8. The average Bonchev–Trinajstić information content (AvgIpc) is 2.35. The van der Waals surface area contributed by atoms with Crippen molar-refractivity contribution >= 4 is 9.84 Å². The first-order valence-corrected chi connectivity index (χ1v) is 7.86. The first-order chi connectivity index (χ1) is 8.09. The minimum absolute atomic E-state index is 0.0851. The van der Waals surface area contributed by atoms with Crippen molar-refractivity contribution in [1.29, 1.82) is 0 Å². The number of hydrogen-bond donors (Lipinski definition) is 1. The highest BCUT2D eigenvalue weighted by Crippen LogP contribution is 2.17. The molecule has 0 bridgehead atoms. The molecule has 0 saturated heterocycles. The van der Waals surface area contributed by atoms with E-state index in [1.165, 1.54) is 0 Å². The molecular formula is C13H21NO2S. The van der Waals surface area contributed by atoms with E-state index in [1.54, 1.807) is 0 Å². The second-order valence-electron chi connectivity index (χ2n) is 4.31. The van der Waals surface area contributed by atoms with Crippen molar-refractivity contribution in [2.24, 2.45) is 5.73 Å². The van der Waals surface area contributed by atoms with Gasteiger partial charge in [0.1, 0.15) is 0 Å². The van der Waals surface area contributed by atoms with Gasteiger partial charge in [0.25, 0.3) is 0 Å². The van der Waals surface area contributed by atoms with Crippen LogP contribution in [0.1, 0.15) is 31.2 Å². The summed E-state index contributed by atoms with van der Waals surface area (Å²) in [6.07, 6.45) is 1.63. The maximum absolute atomic E-state index is 11.9. The molecule has 2 N–H and O–H groups in total. The van der Waals surface area contributed by atoms with Crippen LogP contribution in [0.4, 0.5) is 0 Å². The Bertz CT molecular complexity index is 414. The van der Waals surface area contributed by atoms with Crippen LogP contribution in [-0.2, 0) is 9.84 Å². The maximum Gasteiger partial charge on any atom is 0.150 e. The van der Waals surface area contributed by atoms with Gasteiger partial charge in [-0.25, -0.2) is 8.42 Å². The van der Waals surface area contributed by atoms with E-state index in [0.717, 1.165) is 18.4 Å². The minimum Gasteiger partial charge on any atom is -0.330 e. The van der Waals surface area contributed by atoms with Crippen molar-refractivity contribution in [1.82, 2.24) is 0 Å². The Labute approximate surface area is 104 Å². The normalized spacial score (nSPS) is 13.5. The summed E-state index contributed by atoms with van der Waals surface area (Å²) in [5, 5.41) is 0. The number of nitrogens with two attached hydrogens (primary N) is 1. The summed E-state index contributed by atoms with van der Waals surface area (Å²) in [6.45, 7) is 2.36. The Morgan fingerprint density at radius 1 is 1.24 bits per heavy atom. The molecule has 0 aliphatic carbocycles. The molecular weight excluding hydrogens is 234 g/mol. The second-order valence-corrected chi connectivity index (χ2v) is 6.54. The van der Waals surface area contributed by atoms with E-state index in [2.05, 4.69) is 0 Å². The van der Waals surface area contributed by atoms with Crippen molar-refractivity contribution in [2.45, 2.75) is 25.7 Å². The molecule has 96 valence electrons. The molecule has 17 heavy (non-hydrogen) atoms. The van der Waals surface area contributed by atoms with Crippen molar-refractivity contribution in [3.8, 4) is 0 Å². The van der Waals surface area contributed by atoms with Gasteiger partial charge in [0, 0.05) is 12.5 Å². The molecule has 3 nitrogen and oxygen atoms in total. The van der Waals surface area contributed by atoms with E-state index in [9.17, 15) is 8.42 Å². The third-order valence-electron chi connectivity index (χ3n) is 2.82. The predicted octanol–water partition coefficient (Wildman–Crippen LogP) is 1.94. The van der Waals surface area contributed by atoms with Crippen LogP contribution in [0.15, 0.2) is 30.3 Å². The van der Waals surface area contributed by atoms with Crippen LogP contribution >= 0.6 is 0 Å². The molecule has 1 unspecified atom stereocenters. The third kappa shape index (κ3) is 4.88. The predicted molar refractivity (Wildman–Crippen MR) is 71.8 cm³/mol. The molecule has 0 aliphatic rings. The van der Waals surface area contributed by atoms with Gasteiger partial charge in [-0.3, -0.25) is 0 Å². The van der Waals surface area contributed by atoms with Gasteiger partial charge in [0.2, 0.25) is 0 Å². The first kappa shape index (κ1) is 14.2. The monoisotopic (exact) mass is 255 g/mol. The molecule has 1 rings (SSSR count). The van der Waals surface area contributed by atoms with Crippen LogP contribution in [0.25, 0.3) is 0 Å². The zero-order valence-electron chi connectivity index (χ0n) is 10.3. The highest BCUT2D eigenvalue weighted by atomic mass is 32.2. The standard InChI is InChI=1S/C13H21NO2S/c1-2-3-9-17(15,16)11-13(10-14)12-7-5-4-6-8-12/h4-8,13H,2-3,9-11,14H2,1H3. The molecule has 4 heteroatoms. The smallest absolute Gasteiger partial charge is 0.150 e. The Hall–Kier alpha value is -0.870. The molecule has 0 heterocycles. The van der Waals surface area contributed by atoms with Crippen LogP contribution in [0.3, 0.4) is 0 Å². The lowest BCUT2D eigenvalue weighted by Gasteiger charge is -2.15. The molecule has 0 spiro atoms. The number of unbranched alkanes of at least 4 members (excludes halogenated alkanes) is 1. The maximum atomic E-state index is 11.9. The lowest BCUT2D eigenvalue weighted by molar-refractivity contribution is 0.584. The average molecular weight is 255 g/mol. The van der Waals surface area contributed by atoms with Gasteiger partial charge in [-0.15, -0.1) is 0 Å². The Morgan fingerprint density at radius 3 is 2.41 bits per heavy atom. The number of rotatable bonds is 7. The SMILES string of the molecule is CCCCS(=O)(=O)CC(CN)c1ccccc1. The molecule has 1 aromatic carbocycles. The van der Waals surface area contributed by atoms with Crippen LogP contribution in [0.2, 0.25) is 0 Å². The van der Waals surface area contributed by atoms with Crippen LogP contribution < -0.4 is 5.73 Å². The molecule has 1 aromatic rings. The molecule has 0 radical (unpaired) electrons. The Morgan fingerprint density at radius 2 is 1.88 bits per heavy atom. The van der Waals surface area contributed by atoms with Crippen molar-refractivity contribution in [3.05, 3.63) is 35.9 Å². The summed E-state index contributed by atoms with van der Waals surface area (Å²) >= 11 is 0. The second kappa shape index (κ2) is 6.77. The van der Waals surface area contributed by atoms with Gasteiger partial charge < -0.3 is 5.73 Å². The quantitative estimate of drug-likeness (QED) is 0.810. The van der Waals surface area contributed by atoms with Crippen LogP contribution in [0, 0.1) is 0 Å². The molecule has 0 amide bonds. The van der Waals surface area contributed by atoms with E-state index in [-0.39, 0.29) is 17.4 Å². The van der Waals surface area contributed by atoms with Gasteiger partial charge in [-0.2, -0.15) is 0 Å². The number of sulfone groups is 1.